The van der Waals surface area contributed by atoms with Crippen LogP contribution >= 0.6 is 11.6 Å². The zero-order valence-corrected chi connectivity index (χ0v) is 10.5. The molecule has 88 valence electrons. The summed E-state index contributed by atoms with van der Waals surface area (Å²) in [5.41, 5.74) is 0. The minimum atomic E-state index is 0.550. The summed E-state index contributed by atoms with van der Waals surface area (Å²) in [6.45, 7) is 2.34. The van der Waals surface area contributed by atoms with E-state index in [-0.39, 0.29) is 0 Å². The standard InChI is InChI=1S/C12H18ClN3/c1-8-2-6-10(7-3-8)16-11(9-4-5-9)14-15-12(16)13/h8-10H,2-7H2,1H3. The van der Waals surface area contributed by atoms with Crippen molar-refractivity contribution in [3.05, 3.63) is 11.1 Å². The van der Waals surface area contributed by atoms with Gasteiger partial charge in [-0.3, -0.25) is 4.57 Å². The fraction of sp³-hybridized carbons (Fsp3) is 0.833. The van der Waals surface area contributed by atoms with E-state index in [1.165, 1.54) is 38.5 Å². The monoisotopic (exact) mass is 239 g/mol. The number of hydrogen-bond donors (Lipinski definition) is 0. The molecule has 0 amide bonds. The van der Waals surface area contributed by atoms with Crippen molar-refractivity contribution < 1.29 is 0 Å². The Labute approximate surface area is 101 Å². The first-order valence-electron chi connectivity index (χ1n) is 6.36. The van der Waals surface area contributed by atoms with Crippen LogP contribution in [0.1, 0.15) is 63.2 Å². The van der Waals surface area contributed by atoms with Crippen molar-refractivity contribution in [1.29, 1.82) is 0 Å². The van der Waals surface area contributed by atoms with Crippen LogP contribution in [0.4, 0.5) is 0 Å². The first kappa shape index (κ1) is 10.6. The zero-order chi connectivity index (χ0) is 11.1. The topological polar surface area (TPSA) is 30.7 Å². The normalized spacial score (nSPS) is 30.6. The minimum absolute atomic E-state index is 0.550. The Morgan fingerprint density at radius 3 is 2.38 bits per heavy atom. The molecule has 3 nitrogen and oxygen atoms in total. The van der Waals surface area contributed by atoms with Crippen molar-refractivity contribution in [3.8, 4) is 0 Å². The molecule has 1 aromatic heterocycles. The molecular formula is C12H18ClN3. The van der Waals surface area contributed by atoms with E-state index < -0.39 is 0 Å². The van der Waals surface area contributed by atoms with E-state index in [1.807, 2.05) is 0 Å². The Kier molecular flexibility index (Phi) is 2.66. The van der Waals surface area contributed by atoms with Crippen LogP contribution in [0.5, 0.6) is 0 Å². The molecule has 4 heteroatoms. The lowest BCUT2D eigenvalue weighted by Gasteiger charge is -2.28. The average molecular weight is 240 g/mol. The van der Waals surface area contributed by atoms with E-state index in [0.29, 0.717) is 17.2 Å². The van der Waals surface area contributed by atoms with Crippen molar-refractivity contribution in [3.63, 3.8) is 0 Å². The molecule has 0 N–H and O–H groups in total. The first-order valence-corrected chi connectivity index (χ1v) is 6.74. The van der Waals surface area contributed by atoms with Gasteiger partial charge in [-0.05, 0) is 56.0 Å². The van der Waals surface area contributed by atoms with Crippen LogP contribution in [0.15, 0.2) is 0 Å². The van der Waals surface area contributed by atoms with Gasteiger partial charge in [0.25, 0.3) is 0 Å². The molecule has 16 heavy (non-hydrogen) atoms. The summed E-state index contributed by atoms with van der Waals surface area (Å²) in [6, 6.07) is 0.550. The summed E-state index contributed by atoms with van der Waals surface area (Å²) >= 11 is 6.18. The van der Waals surface area contributed by atoms with Gasteiger partial charge in [0, 0.05) is 12.0 Å². The van der Waals surface area contributed by atoms with E-state index in [0.717, 1.165) is 11.7 Å². The van der Waals surface area contributed by atoms with Crippen molar-refractivity contribution in [2.45, 2.75) is 57.4 Å². The fourth-order valence-electron chi connectivity index (χ4n) is 2.74. The van der Waals surface area contributed by atoms with E-state index in [1.54, 1.807) is 0 Å². The Bertz CT molecular complexity index is 376. The van der Waals surface area contributed by atoms with Gasteiger partial charge in [-0.25, -0.2) is 0 Å². The molecule has 0 aromatic carbocycles. The molecule has 0 radical (unpaired) electrons. The Hall–Kier alpha value is -0.570. The van der Waals surface area contributed by atoms with Crippen LogP contribution in [0, 0.1) is 5.92 Å². The number of aromatic nitrogens is 3. The van der Waals surface area contributed by atoms with Gasteiger partial charge in [0.05, 0.1) is 0 Å². The quantitative estimate of drug-likeness (QED) is 0.790. The summed E-state index contributed by atoms with van der Waals surface area (Å²) in [5, 5.41) is 8.90. The predicted molar refractivity (Wildman–Crippen MR) is 63.7 cm³/mol. The molecule has 1 aromatic rings. The lowest BCUT2D eigenvalue weighted by Crippen LogP contribution is -2.18. The van der Waals surface area contributed by atoms with E-state index in [9.17, 15) is 0 Å². The van der Waals surface area contributed by atoms with E-state index in [4.69, 9.17) is 11.6 Å². The molecule has 0 bridgehead atoms. The molecule has 2 aliphatic carbocycles. The molecule has 2 saturated carbocycles. The Morgan fingerprint density at radius 2 is 1.75 bits per heavy atom. The summed E-state index contributed by atoms with van der Waals surface area (Å²) < 4.78 is 2.21. The highest BCUT2D eigenvalue weighted by Gasteiger charge is 2.33. The second-order valence-electron chi connectivity index (χ2n) is 5.39. The van der Waals surface area contributed by atoms with Crippen LogP contribution in [-0.4, -0.2) is 14.8 Å². The van der Waals surface area contributed by atoms with Crippen molar-refractivity contribution in [1.82, 2.24) is 14.8 Å². The Balaban J connectivity index is 1.84. The van der Waals surface area contributed by atoms with Crippen molar-refractivity contribution in [2.24, 2.45) is 5.92 Å². The van der Waals surface area contributed by atoms with Crippen LogP contribution in [0.25, 0.3) is 0 Å². The van der Waals surface area contributed by atoms with Crippen LogP contribution in [-0.2, 0) is 0 Å². The highest BCUT2D eigenvalue weighted by atomic mass is 35.5. The van der Waals surface area contributed by atoms with Gasteiger partial charge in [0.1, 0.15) is 5.82 Å². The van der Waals surface area contributed by atoms with Crippen molar-refractivity contribution >= 4 is 11.6 Å². The van der Waals surface area contributed by atoms with E-state index in [2.05, 4.69) is 21.7 Å². The maximum atomic E-state index is 6.18. The van der Waals surface area contributed by atoms with Crippen LogP contribution < -0.4 is 0 Å². The lowest BCUT2D eigenvalue weighted by molar-refractivity contribution is 0.285. The molecule has 0 unspecified atom stereocenters. The number of rotatable bonds is 2. The average Bonchev–Trinajstić information content (AvgIpc) is 3.05. The molecule has 2 aliphatic rings. The predicted octanol–water partition coefficient (Wildman–Crippen LogP) is 3.56. The zero-order valence-electron chi connectivity index (χ0n) is 9.69. The maximum absolute atomic E-state index is 6.18. The van der Waals surface area contributed by atoms with Gasteiger partial charge in [-0.2, -0.15) is 0 Å². The lowest BCUT2D eigenvalue weighted by atomic mass is 9.87. The maximum Gasteiger partial charge on any atom is 0.225 e. The molecule has 0 saturated heterocycles. The molecule has 0 atom stereocenters. The van der Waals surface area contributed by atoms with Crippen LogP contribution in [0.3, 0.4) is 0 Å². The number of halogens is 1. The SMILES string of the molecule is CC1CCC(n2c(Cl)nnc2C2CC2)CC1. The molecule has 3 rings (SSSR count). The molecule has 1 heterocycles. The highest BCUT2D eigenvalue weighted by molar-refractivity contribution is 6.28. The van der Waals surface area contributed by atoms with Gasteiger partial charge in [-0.15, -0.1) is 10.2 Å². The largest absolute Gasteiger partial charge is 0.298 e. The highest BCUT2D eigenvalue weighted by Crippen LogP contribution is 2.43. The molecule has 0 spiro atoms. The summed E-state index contributed by atoms with van der Waals surface area (Å²) in [6.07, 6.45) is 7.61. The summed E-state index contributed by atoms with van der Waals surface area (Å²) in [5.74, 6) is 2.65. The van der Waals surface area contributed by atoms with Gasteiger partial charge in [0.2, 0.25) is 5.28 Å². The minimum Gasteiger partial charge on any atom is -0.298 e. The van der Waals surface area contributed by atoms with Gasteiger partial charge in [-0.1, -0.05) is 6.92 Å². The third kappa shape index (κ3) is 1.86. The van der Waals surface area contributed by atoms with Crippen molar-refractivity contribution in [2.75, 3.05) is 0 Å². The number of hydrogen-bond acceptors (Lipinski definition) is 2. The number of nitrogens with zero attached hydrogens (tertiary/aromatic N) is 3. The molecule has 0 aliphatic heterocycles. The second-order valence-corrected chi connectivity index (χ2v) is 5.72. The van der Waals surface area contributed by atoms with Crippen LogP contribution in [0.2, 0.25) is 5.28 Å². The third-order valence-electron chi connectivity index (χ3n) is 3.97. The molecular weight excluding hydrogens is 222 g/mol. The van der Waals surface area contributed by atoms with Gasteiger partial charge in [0.15, 0.2) is 0 Å². The second kappa shape index (κ2) is 4.02. The fourth-order valence-corrected chi connectivity index (χ4v) is 3.00. The third-order valence-corrected chi connectivity index (χ3v) is 4.23. The van der Waals surface area contributed by atoms with Gasteiger partial charge < -0.3 is 0 Å². The molecule has 2 fully saturated rings. The smallest absolute Gasteiger partial charge is 0.225 e. The van der Waals surface area contributed by atoms with Gasteiger partial charge >= 0.3 is 0 Å². The van der Waals surface area contributed by atoms with E-state index >= 15 is 0 Å². The summed E-state index contributed by atoms with van der Waals surface area (Å²) in [4.78, 5) is 0. The summed E-state index contributed by atoms with van der Waals surface area (Å²) in [7, 11) is 0. The Morgan fingerprint density at radius 1 is 1.06 bits per heavy atom. The first-order chi connectivity index (χ1) is 7.75.